The summed E-state index contributed by atoms with van der Waals surface area (Å²) < 4.78 is 34.8. The Kier molecular flexibility index (Phi) is 4.31. The molecule has 4 rings (SSSR count). The average molecular weight is 426 g/mol. The lowest BCUT2D eigenvalue weighted by Crippen LogP contribution is -2.51. The highest BCUT2D eigenvalue weighted by atomic mass is 35.5. The second-order valence-corrected chi connectivity index (χ2v) is 8.76. The van der Waals surface area contributed by atoms with Crippen LogP contribution in [0.5, 0.6) is 0 Å². The van der Waals surface area contributed by atoms with Crippen molar-refractivity contribution in [1.29, 1.82) is 5.26 Å². The quantitative estimate of drug-likeness (QED) is 0.651. The van der Waals surface area contributed by atoms with Crippen molar-refractivity contribution in [2.75, 3.05) is 17.9 Å². The molecule has 0 spiro atoms. The highest BCUT2D eigenvalue weighted by Gasteiger charge is 2.42. The maximum atomic E-state index is 12.8. The standard InChI is InChI=1S/C16H13Cl2N5O3S/c17-11-1-2-13(15-14(11)12(18)6-20-15)22-27(24,25)10-5-21-23(7-10)16(3-4-19)8-26-9-16/h1-2,5-7,20,22H,3,8-9H2. The predicted octanol–water partition coefficient (Wildman–Crippen LogP) is 3.11. The summed E-state index contributed by atoms with van der Waals surface area (Å²) in [6.45, 7) is 0.627. The Bertz CT molecular complexity index is 1170. The molecule has 0 amide bonds. The molecular formula is C16H13Cl2N5O3S. The molecule has 1 fully saturated rings. The number of ether oxygens (including phenoxy) is 1. The first-order valence-corrected chi connectivity index (χ1v) is 10.1. The zero-order valence-electron chi connectivity index (χ0n) is 13.7. The number of nitrogens with zero attached hydrogens (tertiary/aromatic N) is 3. The Labute approximate surface area is 164 Å². The molecule has 0 saturated carbocycles. The average Bonchev–Trinajstić information content (AvgIpc) is 3.22. The summed E-state index contributed by atoms with van der Waals surface area (Å²) in [5.41, 5.74) is 0.174. The van der Waals surface area contributed by atoms with Gasteiger partial charge in [-0.25, -0.2) is 8.42 Å². The zero-order chi connectivity index (χ0) is 19.2. The topological polar surface area (TPSA) is 113 Å². The van der Waals surface area contributed by atoms with E-state index in [1.165, 1.54) is 23.3 Å². The van der Waals surface area contributed by atoms with E-state index in [1.807, 2.05) is 0 Å². The van der Waals surface area contributed by atoms with Gasteiger partial charge in [0.05, 0.1) is 53.2 Å². The number of anilines is 1. The van der Waals surface area contributed by atoms with Crippen LogP contribution in [0.4, 0.5) is 5.69 Å². The number of rotatable bonds is 5. The molecule has 1 aromatic carbocycles. The molecule has 8 nitrogen and oxygen atoms in total. The molecule has 2 N–H and O–H groups in total. The van der Waals surface area contributed by atoms with E-state index in [0.717, 1.165) is 0 Å². The SMILES string of the molecule is N#CCC1(n2cc(S(=O)(=O)Nc3ccc(Cl)c4c(Cl)c[nH]c34)cn2)COC1. The number of aromatic amines is 1. The first-order chi connectivity index (χ1) is 12.9. The van der Waals surface area contributed by atoms with Gasteiger partial charge in [0.15, 0.2) is 0 Å². The maximum absolute atomic E-state index is 12.8. The molecule has 1 aliphatic rings. The van der Waals surface area contributed by atoms with Crippen LogP contribution in [0.1, 0.15) is 6.42 Å². The van der Waals surface area contributed by atoms with Gasteiger partial charge in [0, 0.05) is 17.8 Å². The summed E-state index contributed by atoms with van der Waals surface area (Å²) in [7, 11) is -3.91. The van der Waals surface area contributed by atoms with E-state index < -0.39 is 15.6 Å². The summed E-state index contributed by atoms with van der Waals surface area (Å²) in [4.78, 5) is 2.90. The number of sulfonamides is 1. The molecule has 140 valence electrons. The number of nitriles is 1. The first kappa shape index (κ1) is 18.1. The van der Waals surface area contributed by atoms with Crippen LogP contribution in [-0.2, 0) is 20.3 Å². The molecule has 1 saturated heterocycles. The minimum atomic E-state index is -3.91. The highest BCUT2D eigenvalue weighted by Crippen LogP contribution is 2.35. The fourth-order valence-corrected chi connectivity index (χ4v) is 4.52. The van der Waals surface area contributed by atoms with Crippen molar-refractivity contribution >= 4 is 49.8 Å². The van der Waals surface area contributed by atoms with Crippen LogP contribution in [0.25, 0.3) is 10.9 Å². The minimum Gasteiger partial charge on any atom is -0.376 e. The molecule has 27 heavy (non-hydrogen) atoms. The summed E-state index contributed by atoms with van der Waals surface area (Å²) in [5.74, 6) is 0. The van der Waals surface area contributed by atoms with Crippen LogP contribution in [0.15, 0.2) is 35.6 Å². The van der Waals surface area contributed by atoms with Crippen LogP contribution in [0, 0.1) is 11.3 Å². The van der Waals surface area contributed by atoms with Crippen molar-refractivity contribution in [2.45, 2.75) is 16.9 Å². The second kappa shape index (κ2) is 6.42. The fraction of sp³-hybridized carbons (Fsp3) is 0.250. The van der Waals surface area contributed by atoms with Crippen LogP contribution < -0.4 is 4.72 Å². The van der Waals surface area contributed by atoms with Gasteiger partial charge in [0.2, 0.25) is 0 Å². The third-order valence-electron chi connectivity index (χ3n) is 4.49. The van der Waals surface area contributed by atoms with Crippen molar-refractivity contribution in [3.63, 3.8) is 0 Å². The van der Waals surface area contributed by atoms with Gasteiger partial charge in [-0.3, -0.25) is 9.40 Å². The van der Waals surface area contributed by atoms with E-state index in [1.54, 1.807) is 12.1 Å². The summed E-state index contributed by atoms with van der Waals surface area (Å²) in [6, 6.07) is 5.21. The van der Waals surface area contributed by atoms with Gasteiger partial charge in [0.25, 0.3) is 10.0 Å². The number of halogens is 2. The lowest BCUT2D eigenvalue weighted by molar-refractivity contribution is -0.104. The van der Waals surface area contributed by atoms with E-state index in [-0.39, 0.29) is 11.3 Å². The molecule has 0 aliphatic carbocycles. The van der Waals surface area contributed by atoms with E-state index in [0.29, 0.717) is 39.8 Å². The number of fused-ring (bicyclic) bond motifs is 1. The Morgan fingerprint density at radius 3 is 2.81 bits per heavy atom. The van der Waals surface area contributed by atoms with Gasteiger partial charge in [-0.05, 0) is 12.1 Å². The Hall–Kier alpha value is -2.25. The van der Waals surface area contributed by atoms with Crippen molar-refractivity contribution in [2.24, 2.45) is 0 Å². The predicted molar refractivity (Wildman–Crippen MR) is 100 cm³/mol. The summed E-state index contributed by atoms with van der Waals surface area (Å²) >= 11 is 12.2. The fourth-order valence-electron chi connectivity index (χ4n) is 2.96. The van der Waals surface area contributed by atoms with E-state index >= 15 is 0 Å². The van der Waals surface area contributed by atoms with E-state index in [2.05, 4.69) is 20.9 Å². The number of benzene rings is 1. The second-order valence-electron chi connectivity index (χ2n) is 6.26. The number of nitrogens with one attached hydrogen (secondary N) is 2. The molecule has 0 atom stereocenters. The molecule has 11 heteroatoms. The molecular weight excluding hydrogens is 413 g/mol. The van der Waals surface area contributed by atoms with Gasteiger partial charge in [-0.1, -0.05) is 23.2 Å². The van der Waals surface area contributed by atoms with Gasteiger partial charge in [-0.15, -0.1) is 0 Å². The van der Waals surface area contributed by atoms with Crippen molar-refractivity contribution in [1.82, 2.24) is 14.8 Å². The van der Waals surface area contributed by atoms with Crippen molar-refractivity contribution in [3.8, 4) is 6.07 Å². The molecule has 0 unspecified atom stereocenters. The van der Waals surface area contributed by atoms with Crippen LogP contribution in [0.3, 0.4) is 0 Å². The molecule has 2 aromatic heterocycles. The first-order valence-electron chi connectivity index (χ1n) is 7.84. The van der Waals surface area contributed by atoms with Crippen molar-refractivity contribution in [3.05, 3.63) is 40.8 Å². The summed E-state index contributed by atoms with van der Waals surface area (Å²) in [5, 5.41) is 14.5. The van der Waals surface area contributed by atoms with Crippen LogP contribution in [0.2, 0.25) is 10.0 Å². The monoisotopic (exact) mass is 425 g/mol. The van der Waals surface area contributed by atoms with E-state index in [9.17, 15) is 8.42 Å². The largest absolute Gasteiger partial charge is 0.376 e. The molecule has 3 aromatic rings. The maximum Gasteiger partial charge on any atom is 0.265 e. The smallest absolute Gasteiger partial charge is 0.265 e. The van der Waals surface area contributed by atoms with Crippen molar-refractivity contribution < 1.29 is 13.2 Å². The highest BCUT2D eigenvalue weighted by molar-refractivity contribution is 7.92. The Balaban J connectivity index is 1.68. The van der Waals surface area contributed by atoms with Gasteiger partial charge in [0.1, 0.15) is 10.4 Å². The summed E-state index contributed by atoms with van der Waals surface area (Å²) in [6.07, 6.45) is 4.36. The van der Waals surface area contributed by atoms with Crippen LogP contribution in [-0.4, -0.2) is 36.4 Å². The molecule has 1 aliphatic heterocycles. The number of hydrogen-bond donors (Lipinski definition) is 2. The third kappa shape index (κ3) is 2.95. The normalized spacial score (nSPS) is 16.0. The molecule has 3 heterocycles. The molecule has 0 radical (unpaired) electrons. The van der Waals surface area contributed by atoms with Crippen LogP contribution >= 0.6 is 23.2 Å². The lowest BCUT2D eigenvalue weighted by Gasteiger charge is -2.39. The zero-order valence-corrected chi connectivity index (χ0v) is 16.1. The number of aromatic nitrogens is 3. The number of H-pyrrole nitrogens is 1. The minimum absolute atomic E-state index is 0.0209. The van der Waals surface area contributed by atoms with Gasteiger partial charge >= 0.3 is 0 Å². The Morgan fingerprint density at radius 2 is 2.15 bits per heavy atom. The third-order valence-corrected chi connectivity index (χ3v) is 6.42. The Morgan fingerprint density at radius 1 is 1.37 bits per heavy atom. The van der Waals surface area contributed by atoms with Gasteiger partial charge in [-0.2, -0.15) is 10.4 Å². The lowest BCUT2D eigenvalue weighted by atomic mass is 9.94. The molecule has 0 bridgehead atoms. The number of hydrogen-bond acceptors (Lipinski definition) is 5. The van der Waals surface area contributed by atoms with Gasteiger partial charge < -0.3 is 9.72 Å². The van der Waals surface area contributed by atoms with E-state index in [4.69, 9.17) is 33.2 Å².